The number of nitrogens with two attached hydrogens (primary N) is 1. The zero-order chi connectivity index (χ0) is 16.1. The van der Waals surface area contributed by atoms with Gasteiger partial charge < -0.3 is 5.32 Å². The van der Waals surface area contributed by atoms with Crippen LogP contribution in [0.4, 0.5) is 0 Å². The van der Waals surface area contributed by atoms with E-state index >= 15 is 0 Å². The number of hydrogen-bond acceptors (Lipinski definition) is 5. The Kier molecular flexibility index (Phi) is 6.33. The number of rotatable bonds is 8. The molecule has 0 bridgehead atoms. The Morgan fingerprint density at radius 3 is 2.19 bits per heavy atom. The lowest BCUT2D eigenvalue weighted by Gasteiger charge is -2.13. The predicted octanol–water partition coefficient (Wildman–Crippen LogP) is 0.289. The molecule has 0 heterocycles. The van der Waals surface area contributed by atoms with E-state index in [4.69, 9.17) is 5.14 Å². The summed E-state index contributed by atoms with van der Waals surface area (Å²) in [5, 5.41) is 8.17. The van der Waals surface area contributed by atoms with E-state index < -0.39 is 19.9 Å². The molecular formula is C13H22N2O4S2. The van der Waals surface area contributed by atoms with Gasteiger partial charge in [0.05, 0.1) is 10.6 Å². The molecule has 0 spiro atoms. The van der Waals surface area contributed by atoms with Gasteiger partial charge in [0.15, 0.2) is 9.84 Å². The van der Waals surface area contributed by atoms with E-state index in [0.717, 1.165) is 5.56 Å². The van der Waals surface area contributed by atoms with Gasteiger partial charge in [-0.2, -0.15) is 0 Å². The summed E-state index contributed by atoms with van der Waals surface area (Å²) in [6.45, 7) is 4.08. The average Bonchev–Trinajstić information content (AvgIpc) is 2.37. The van der Waals surface area contributed by atoms with Gasteiger partial charge in [-0.25, -0.2) is 22.0 Å². The Balaban J connectivity index is 2.46. The van der Waals surface area contributed by atoms with Gasteiger partial charge in [0, 0.05) is 11.8 Å². The van der Waals surface area contributed by atoms with Crippen molar-refractivity contribution in [2.75, 3.05) is 18.1 Å². The Labute approximate surface area is 126 Å². The molecule has 3 N–H and O–H groups in total. The lowest BCUT2D eigenvalue weighted by Crippen LogP contribution is -2.34. The molecule has 21 heavy (non-hydrogen) atoms. The zero-order valence-corrected chi connectivity index (χ0v) is 13.9. The minimum Gasteiger partial charge on any atom is -0.313 e. The van der Waals surface area contributed by atoms with Gasteiger partial charge in [0.2, 0.25) is 10.0 Å². The minimum atomic E-state index is -3.66. The molecule has 0 aliphatic heterocycles. The first kappa shape index (κ1) is 18.1. The fourth-order valence-electron chi connectivity index (χ4n) is 1.87. The lowest BCUT2D eigenvalue weighted by molar-refractivity contribution is 0.559. The first-order valence-corrected chi connectivity index (χ1v) is 10.1. The Morgan fingerprint density at radius 2 is 1.71 bits per heavy atom. The fraction of sp³-hybridized carbons (Fsp3) is 0.538. The van der Waals surface area contributed by atoms with Gasteiger partial charge >= 0.3 is 0 Å². The van der Waals surface area contributed by atoms with E-state index in [2.05, 4.69) is 5.32 Å². The van der Waals surface area contributed by atoms with Crippen LogP contribution in [-0.4, -0.2) is 40.9 Å². The van der Waals surface area contributed by atoms with Crippen molar-refractivity contribution < 1.29 is 16.8 Å². The number of nitrogens with one attached hydrogen (secondary N) is 1. The fourth-order valence-corrected chi connectivity index (χ4v) is 3.50. The molecule has 0 aromatic heterocycles. The SMILES string of the molecule is CCS(=O)(=O)CC(C)NCCc1ccc(S(N)(=O)=O)cc1. The number of sulfonamides is 1. The van der Waals surface area contributed by atoms with Crippen LogP contribution in [0.1, 0.15) is 19.4 Å². The summed E-state index contributed by atoms with van der Waals surface area (Å²) in [5.41, 5.74) is 0.959. The molecule has 1 unspecified atom stereocenters. The molecule has 8 heteroatoms. The number of benzene rings is 1. The van der Waals surface area contributed by atoms with Crippen LogP contribution in [-0.2, 0) is 26.3 Å². The average molecular weight is 334 g/mol. The minimum absolute atomic E-state index is 0.0848. The van der Waals surface area contributed by atoms with Gasteiger partial charge in [-0.15, -0.1) is 0 Å². The predicted molar refractivity (Wildman–Crippen MR) is 83.3 cm³/mol. The second kappa shape index (κ2) is 7.35. The monoisotopic (exact) mass is 334 g/mol. The molecule has 0 saturated carbocycles. The quantitative estimate of drug-likeness (QED) is 0.710. The van der Waals surface area contributed by atoms with Crippen LogP contribution < -0.4 is 10.5 Å². The Bertz CT molecular complexity index is 652. The smallest absolute Gasteiger partial charge is 0.238 e. The Morgan fingerprint density at radius 1 is 1.14 bits per heavy atom. The summed E-state index contributed by atoms with van der Waals surface area (Å²) in [5.74, 6) is 0.266. The first-order chi connectivity index (χ1) is 9.64. The van der Waals surface area contributed by atoms with Gasteiger partial charge in [0.1, 0.15) is 0 Å². The molecule has 1 atom stereocenters. The van der Waals surface area contributed by atoms with E-state index in [0.29, 0.717) is 13.0 Å². The summed E-state index contributed by atoms with van der Waals surface area (Å²) in [4.78, 5) is 0.0848. The van der Waals surface area contributed by atoms with E-state index in [-0.39, 0.29) is 22.4 Å². The van der Waals surface area contributed by atoms with E-state index in [1.165, 1.54) is 12.1 Å². The van der Waals surface area contributed by atoms with Gasteiger partial charge in [-0.3, -0.25) is 0 Å². The van der Waals surface area contributed by atoms with Crippen LogP contribution >= 0.6 is 0 Å². The molecule has 0 fully saturated rings. The van der Waals surface area contributed by atoms with Crippen molar-refractivity contribution in [3.05, 3.63) is 29.8 Å². The molecule has 0 saturated heterocycles. The van der Waals surface area contributed by atoms with Crippen LogP contribution in [0.15, 0.2) is 29.2 Å². The van der Waals surface area contributed by atoms with E-state index in [1.807, 2.05) is 6.92 Å². The molecule has 0 amide bonds. The summed E-state index contributed by atoms with van der Waals surface area (Å²) >= 11 is 0. The third-order valence-electron chi connectivity index (χ3n) is 3.10. The topological polar surface area (TPSA) is 106 Å². The molecule has 0 radical (unpaired) electrons. The van der Waals surface area contributed by atoms with E-state index in [9.17, 15) is 16.8 Å². The lowest BCUT2D eigenvalue weighted by atomic mass is 10.1. The number of hydrogen-bond donors (Lipinski definition) is 2. The molecule has 6 nitrogen and oxygen atoms in total. The largest absolute Gasteiger partial charge is 0.313 e. The molecule has 0 aliphatic rings. The van der Waals surface area contributed by atoms with Crippen molar-refractivity contribution in [2.24, 2.45) is 5.14 Å². The molecule has 1 aromatic rings. The van der Waals surface area contributed by atoms with Crippen molar-refractivity contribution in [1.82, 2.24) is 5.32 Å². The molecular weight excluding hydrogens is 312 g/mol. The van der Waals surface area contributed by atoms with Gasteiger partial charge in [-0.05, 0) is 37.6 Å². The van der Waals surface area contributed by atoms with Crippen LogP contribution in [0, 0.1) is 0 Å². The van der Waals surface area contributed by atoms with Crippen molar-refractivity contribution >= 4 is 19.9 Å². The number of primary sulfonamides is 1. The van der Waals surface area contributed by atoms with Gasteiger partial charge in [-0.1, -0.05) is 19.1 Å². The third-order valence-corrected chi connectivity index (χ3v) is 5.92. The van der Waals surface area contributed by atoms with Crippen molar-refractivity contribution in [3.63, 3.8) is 0 Å². The highest BCUT2D eigenvalue weighted by Crippen LogP contribution is 2.09. The zero-order valence-electron chi connectivity index (χ0n) is 12.2. The molecule has 0 aliphatic carbocycles. The standard InChI is InChI=1S/C13H22N2O4S2/c1-3-20(16,17)10-11(2)15-9-8-12-4-6-13(7-5-12)21(14,18)19/h4-7,11,15H,3,8-10H2,1-2H3,(H2,14,18,19). The second-order valence-electron chi connectivity index (χ2n) is 4.99. The highest BCUT2D eigenvalue weighted by Gasteiger charge is 2.13. The van der Waals surface area contributed by atoms with Gasteiger partial charge in [0.25, 0.3) is 0 Å². The van der Waals surface area contributed by atoms with E-state index in [1.54, 1.807) is 19.1 Å². The summed E-state index contributed by atoms with van der Waals surface area (Å²) in [6, 6.07) is 6.23. The molecule has 120 valence electrons. The molecule has 1 aromatic carbocycles. The van der Waals surface area contributed by atoms with Crippen molar-refractivity contribution in [1.29, 1.82) is 0 Å². The maximum atomic E-state index is 11.5. The molecule has 1 rings (SSSR count). The summed E-state index contributed by atoms with van der Waals surface area (Å²) in [7, 11) is -6.64. The van der Waals surface area contributed by atoms with Crippen molar-refractivity contribution in [2.45, 2.75) is 31.2 Å². The summed E-state index contributed by atoms with van der Waals surface area (Å²) in [6.07, 6.45) is 0.682. The second-order valence-corrected chi connectivity index (χ2v) is 8.95. The van der Waals surface area contributed by atoms with Crippen LogP contribution in [0.25, 0.3) is 0 Å². The third kappa shape index (κ3) is 6.56. The van der Waals surface area contributed by atoms with Crippen LogP contribution in [0.2, 0.25) is 0 Å². The van der Waals surface area contributed by atoms with Crippen molar-refractivity contribution in [3.8, 4) is 0 Å². The highest BCUT2D eigenvalue weighted by atomic mass is 32.2. The Hall–Kier alpha value is -0.960. The van der Waals surface area contributed by atoms with Crippen LogP contribution in [0.5, 0.6) is 0 Å². The first-order valence-electron chi connectivity index (χ1n) is 6.69. The number of sulfone groups is 1. The normalized spacial score (nSPS) is 14.0. The highest BCUT2D eigenvalue weighted by molar-refractivity contribution is 7.91. The maximum absolute atomic E-state index is 11.5. The summed E-state index contributed by atoms with van der Waals surface area (Å²) < 4.78 is 45.2. The van der Waals surface area contributed by atoms with Crippen LogP contribution in [0.3, 0.4) is 0 Å². The maximum Gasteiger partial charge on any atom is 0.238 e.